The van der Waals surface area contributed by atoms with Crippen molar-refractivity contribution in [2.45, 2.75) is 32.7 Å². The number of carbonyl (C=O) groups excluding carboxylic acids is 1. The van der Waals surface area contributed by atoms with Gasteiger partial charge in [0.15, 0.2) is 10.6 Å². The molecule has 1 saturated heterocycles. The first kappa shape index (κ1) is 21.2. The number of esters is 1. The van der Waals surface area contributed by atoms with Crippen LogP contribution < -0.4 is 4.74 Å². The Morgan fingerprint density at radius 2 is 2.03 bits per heavy atom. The minimum atomic E-state index is -0.313. The first-order valence-corrected chi connectivity index (χ1v) is 9.88. The van der Waals surface area contributed by atoms with E-state index in [0.29, 0.717) is 29.6 Å². The van der Waals surface area contributed by atoms with Crippen molar-refractivity contribution >= 4 is 18.2 Å². The summed E-state index contributed by atoms with van der Waals surface area (Å²) in [6.07, 6.45) is 3.27. The first-order chi connectivity index (χ1) is 14.0. The number of methoxy groups -OCH3 is 1. The van der Waals surface area contributed by atoms with E-state index in [9.17, 15) is 9.18 Å². The quantitative estimate of drug-likeness (QED) is 0.371. The number of likely N-dealkylation sites (tertiary alicyclic amines) is 1. The minimum Gasteiger partial charge on any atom is -0.486 e. The Labute approximate surface area is 174 Å². The molecule has 1 fully saturated rings. The normalized spacial score (nSPS) is 15.2. The zero-order chi connectivity index (χ0) is 20.8. The summed E-state index contributed by atoms with van der Waals surface area (Å²) in [6.45, 7) is 6.60. The average molecular weight is 421 g/mol. The van der Waals surface area contributed by atoms with Crippen molar-refractivity contribution in [3.8, 4) is 5.75 Å². The van der Waals surface area contributed by atoms with Gasteiger partial charge >= 0.3 is 5.97 Å². The van der Waals surface area contributed by atoms with Gasteiger partial charge in [-0.2, -0.15) is 5.10 Å². The summed E-state index contributed by atoms with van der Waals surface area (Å²) >= 11 is 5.59. The smallest absolute Gasteiger partial charge is 0.308 e. The van der Waals surface area contributed by atoms with Gasteiger partial charge in [-0.1, -0.05) is 6.08 Å². The summed E-state index contributed by atoms with van der Waals surface area (Å²) in [6, 6.07) is 5.85. The number of allylic oxidation sites excluding steroid dienone is 1. The maximum absolute atomic E-state index is 13.1. The minimum absolute atomic E-state index is 0.0396. The van der Waals surface area contributed by atoms with Gasteiger partial charge in [0, 0.05) is 19.6 Å². The van der Waals surface area contributed by atoms with E-state index in [1.165, 1.54) is 19.2 Å². The largest absolute Gasteiger partial charge is 0.486 e. The molecule has 3 rings (SSSR count). The number of hydrogen-bond acceptors (Lipinski definition) is 6. The van der Waals surface area contributed by atoms with Gasteiger partial charge in [-0.25, -0.2) is 9.07 Å². The highest BCUT2D eigenvalue weighted by Gasteiger charge is 2.26. The maximum Gasteiger partial charge on any atom is 0.308 e. The lowest BCUT2D eigenvalue weighted by atomic mass is 9.97. The van der Waals surface area contributed by atoms with Crippen LogP contribution in [0.25, 0.3) is 0 Å². The average Bonchev–Trinajstić information content (AvgIpc) is 3.03. The molecule has 7 nitrogen and oxygen atoms in total. The summed E-state index contributed by atoms with van der Waals surface area (Å²) in [7, 11) is 1.43. The third kappa shape index (κ3) is 5.30. The van der Waals surface area contributed by atoms with Gasteiger partial charge in [0.1, 0.15) is 18.2 Å². The monoisotopic (exact) mass is 420 g/mol. The third-order valence-corrected chi connectivity index (χ3v) is 5.38. The van der Waals surface area contributed by atoms with E-state index < -0.39 is 0 Å². The van der Waals surface area contributed by atoms with E-state index >= 15 is 0 Å². The fraction of sp³-hybridized carbons (Fsp3) is 0.450. The molecule has 1 aliphatic heterocycles. The van der Waals surface area contributed by atoms with Crippen LogP contribution in [-0.4, -0.2) is 45.4 Å². The Morgan fingerprint density at radius 3 is 2.66 bits per heavy atom. The zero-order valence-corrected chi connectivity index (χ0v) is 17.2. The molecule has 2 aromatic rings. The number of hydrogen-bond donors (Lipinski definition) is 0. The molecule has 0 N–H and O–H groups in total. The molecular formula is C20H25FN4O3S. The molecule has 1 aliphatic rings. The molecule has 29 heavy (non-hydrogen) atoms. The van der Waals surface area contributed by atoms with Crippen molar-refractivity contribution < 1.29 is 18.7 Å². The summed E-state index contributed by atoms with van der Waals surface area (Å²) in [5, 5.41) is 4.62. The van der Waals surface area contributed by atoms with Crippen LogP contribution in [0.15, 0.2) is 36.9 Å². The molecule has 1 aromatic heterocycles. The first-order valence-electron chi connectivity index (χ1n) is 9.47. The lowest BCUT2D eigenvalue weighted by Gasteiger charge is -2.30. The van der Waals surface area contributed by atoms with Gasteiger partial charge in [-0.3, -0.25) is 14.3 Å². The Kier molecular flexibility index (Phi) is 7.16. The molecule has 0 amide bonds. The Balaban J connectivity index is 1.67. The van der Waals surface area contributed by atoms with Crippen LogP contribution in [-0.2, 0) is 29.4 Å². The highest BCUT2D eigenvalue weighted by molar-refractivity contribution is 7.71. The van der Waals surface area contributed by atoms with E-state index in [1.807, 2.05) is 4.57 Å². The predicted molar refractivity (Wildman–Crippen MR) is 108 cm³/mol. The van der Waals surface area contributed by atoms with E-state index in [1.54, 1.807) is 22.9 Å². The second kappa shape index (κ2) is 9.80. The highest BCUT2D eigenvalue weighted by atomic mass is 32.1. The fourth-order valence-corrected chi connectivity index (χ4v) is 3.62. The number of carbonyl (C=O) groups is 1. The van der Waals surface area contributed by atoms with Gasteiger partial charge in [0.2, 0.25) is 0 Å². The number of piperidine rings is 1. The topological polar surface area (TPSA) is 61.5 Å². The number of ether oxygens (including phenoxy) is 2. The molecule has 2 heterocycles. The van der Waals surface area contributed by atoms with Gasteiger partial charge < -0.3 is 9.47 Å². The van der Waals surface area contributed by atoms with Crippen LogP contribution in [0.1, 0.15) is 18.7 Å². The van der Waals surface area contributed by atoms with Crippen molar-refractivity contribution in [3.63, 3.8) is 0 Å². The molecule has 0 saturated carbocycles. The molecule has 0 radical (unpaired) electrons. The van der Waals surface area contributed by atoms with Crippen molar-refractivity contribution in [3.05, 3.63) is 53.3 Å². The Hall–Kier alpha value is -2.52. The summed E-state index contributed by atoms with van der Waals surface area (Å²) in [5.41, 5.74) is 0. The maximum atomic E-state index is 13.1. The van der Waals surface area contributed by atoms with E-state index in [2.05, 4.69) is 16.6 Å². The molecule has 156 valence electrons. The number of halogens is 1. The number of nitrogens with zero attached hydrogens (tertiary/aromatic N) is 4. The van der Waals surface area contributed by atoms with Crippen LogP contribution in [0.2, 0.25) is 0 Å². The molecule has 0 unspecified atom stereocenters. The highest BCUT2D eigenvalue weighted by Crippen LogP contribution is 2.19. The summed E-state index contributed by atoms with van der Waals surface area (Å²) in [5.74, 6) is 0.733. The molecular weight excluding hydrogens is 395 g/mol. The standard InChI is InChI=1S/C20H25FN4O3S/c1-3-10-24-18(13-28-17-6-4-16(21)5-7-17)22-25(20(24)29)14-23-11-8-15(9-12-23)19(26)27-2/h3-7,15H,1,8-14H2,2H3. The summed E-state index contributed by atoms with van der Waals surface area (Å²) < 4.78 is 27.8. The van der Waals surface area contributed by atoms with Crippen molar-refractivity contribution in [2.24, 2.45) is 5.92 Å². The predicted octanol–water partition coefficient (Wildman–Crippen LogP) is 3.16. The van der Waals surface area contributed by atoms with Gasteiger partial charge in [-0.15, -0.1) is 6.58 Å². The fourth-order valence-electron chi connectivity index (χ4n) is 3.34. The molecule has 0 bridgehead atoms. The number of aromatic nitrogens is 3. The number of rotatable bonds is 8. The van der Waals surface area contributed by atoms with Crippen molar-refractivity contribution in [2.75, 3.05) is 20.2 Å². The van der Waals surface area contributed by atoms with Crippen LogP contribution in [0.3, 0.4) is 0 Å². The van der Waals surface area contributed by atoms with Crippen LogP contribution in [0.4, 0.5) is 4.39 Å². The van der Waals surface area contributed by atoms with E-state index in [0.717, 1.165) is 25.9 Å². The van der Waals surface area contributed by atoms with Crippen LogP contribution in [0, 0.1) is 16.5 Å². The second-order valence-corrected chi connectivity index (χ2v) is 7.26. The van der Waals surface area contributed by atoms with Crippen LogP contribution in [0.5, 0.6) is 5.75 Å². The zero-order valence-electron chi connectivity index (χ0n) is 16.4. The van der Waals surface area contributed by atoms with Crippen molar-refractivity contribution in [1.29, 1.82) is 0 Å². The lowest BCUT2D eigenvalue weighted by molar-refractivity contribution is -0.147. The third-order valence-electron chi connectivity index (χ3n) is 4.95. The molecule has 1 aromatic carbocycles. The number of benzene rings is 1. The molecule has 0 spiro atoms. The lowest BCUT2D eigenvalue weighted by Crippen LogP contribution is -2.38. The van der Waals surface area contributed by atoms with Gasteiger partial charge in [0.05, 0.1) is 19.7 Å². The van der Waals surface area contributed by atoms with E-state index in [4.69, 9.17) is 21.7 Å². The Bertz CT molecular complexity index is 901. The second-order valence-electron chi connectivity index (χ2n) is 6.90. The summed E-state index contributed by atoms with van der Waals surface area (Å²) in [4.78, 5) is 13.9. The Morgan fingerprint density at radius 1 is 1.34 bits per heavy atom. The van der Waals surface area contributed by atoms with Crippen molar-refractivity contribution in [1.82, 2.24) is 19.2 Å². The molecule has 9 heteroatoms. The molecule has 0 atom stereocenters. The SMILES string of the molecule is C=CCn1c(COc2ccc(F)cc2)nn(CN2CCC(C(=O)OC)CC2)c1=S. The van der Waals surface area contributed by atoms with E-state index in [-0.39, 0.29) is 24.3 Å². The van der Waals surface area contributed by atoms with Crippen LogP contribution >= 0.6 is 12.2 Å². The van der Waals surface area contributed by atoms with Gasteiger partial charge in [0.25, 0.3) is 0 Å². The van der Waals surface area contributed by atoms with Gasteiger partial charge in [-0.05, 0) is 49.3 Å². The molecule has 0 aliphatic carbocycles.